The van der Waals surface area contributed by atoms with E-state index in [0.717, 1.165) is 19.6 Å². The molecule has 0 aromatic heterocycles. The number of methoxy groups -OCH3 is 2. The highest BCUT2D eigenvalue weighted by molar-refractivity contribution is 4.98. The quantitative estimate of drug-likeness (QED) is 0.652. The summed E-state index contributed by atoms with van der Waals surface area (Å²) in [5, 5.41) is 3.46. The molecule has 2 unspecified atom stereocenters. The smallest absolute Gasteiger partial charge is 0.193 e. The molecule has 4 heteroatoms. The van der Waals surface area contributed by atoms with Gasteiger partial charge in [-0.05, 0) is 19.9 Å². The predicted octanol–water partition coefficient (Wildman–Crippen LogP) is 0.0415. The Morgan fingerprint density at radius 2 is 1.93 bits per heavy atom. The van der Waals surface area contributed by atoms with E-state index < -0.39 is 0 Å². The largest absolute Gasteiger partial charge is 0.351 e. The minimum absolute atomic E-state index is 0.331. The van der Waals surface area contributed by atoms with Gasteiger partial charge in [0.1, 0.15) is 0 Å². The van der Waals surface area contributed by atoms with Gasteiger partial charge < -0.3 is 14.8 Å². The van der Waals surface area contributed by atoms with Crippen molar-refractivity contribution in [2.24, 2.45) is 0 Å². The first-order valence-electron chi connectivity index (χ1n) is 5.28. The van der Waals surface area contributed by atoms with E-state index in [9.17, 15) is 0 Å². The van der Waals surface area contributed by atoms with Crippen LogP contribution >= 0.6 is 0 Å². The lowest BCUT2D eigenvalue weighted by molar-refractivity contribution is -0.282. The zero-order valence-corrected chi connectivity index (χ0v) is 9.25. The van der Waals surface area contributed by atoms with Gasteiger partial charge in [-0.15, -0.1) is 0 Å². The van der Waals surface area contributed by atoms with E-state index in [-0.39, 0.29) is 5.79 Å². The van der Waals surface area contributed by atoms with Gasteiger partial charge in [-0.2, -0.15) is 0 Å². The SMILES string of the molecule is COC1(OC)CN(C2CCNC2C)C1. The average Bonchev–Trinajstić information content (AvgIpc) is 2.52. The minimum atomic E-state index is -0.331. The number of rotatable bonds is 3. The fourth-order valence-corrected chi connectivity index (χ4v) is 2.49. The lowest BCUT2D eigenvalue weighted by Crippen LogP contribution is -2.67. The molecule has 2 aliphatic rings. The maximum atomic E-state index is 5.36. The predicted molar refractivity (Wildman–Crippen MR) is 54.2 cm³/mol. The number of ether oxygens (including phenoxy) is 2. The van der Waals surface area contributed by atoms with Crippen molar-refractivity contribution in [2.75, 3.05) is 33.9 Å². The third kappa shape index (κ3) is 1.56. The second kappa shape index (κ2) is 3.77. The molecule has 0 amide bonds. The van der Waals surface area contributed by atoms with E-state index in [1.54, 1.807) is 14.2 Å². The van der Waals surface area contributed by atoms with Crippen LogP contribution in [0.2, 0.25) is 0 Å². The third-order valence-corrected chi connectivity index (χ3v) is 3.58. The van der Waals surface area contributed by atoms with Crippen molar-refractivity contribution >= 4 is 0 Å². The second-order valence-corrected chi connectivity index (χ2v) is 4.32. The van der Waals surface area contributed by atoms with Crippen LogP contribution in [0.5, 0.6) is 0 Å². The highest BCUT2D eigenvalue weighted by Gasteiger charge is 2.48. The Morgan fingerprint density at radius 1 is 1.29 bits per heavy atom. The summed E-state index contributed by atoms with van der Waals surface area (Å²) in [4.78, 5) is 2.44. The fourth-order valence-electron chi connectivity index (χ4n) is 2.49. The van der Waals surface area contributed by atoms with E-state index in [1.807, 2.05) is 0 Å². The van der Waals surface area contributed by atoms with Gasteiger partial charge in [-0.1, -0.05) is 0 Å². The molecule has 2 saturated heterocycles. The average molecular weight is 200 g/mol. The van der Waals surface area contributed by atoms with Crippen LogP contribution in [0.25, 0.3) is 0 Å². The molecule has 0 spiro atoms. The minimum Gasteiger partial charge on any atom is -0.351 e. The first kappa shape index (κ1) is 10.4. The molecule has 4 nitrogen and oxygen atoms in total. The summed E-state index contributed by atoms with van der Waals surface area (Å²) in [7, 11) is 3.44. The van der Waals surface area contributed by atoms with Crippen molar-refractivity contribution in [1.82, 2.24) is 10.2 Å². The van der Waals surface area contributed by atoms with Gasteiger partial charge in [-0.3, -0.25) is 4.90 Å². The van der Waals surface area contributed by atoms with Gasteiger partial charge >= 0.3 is 0 Å². The Morgan fingerprint density at radius 3 is 2.36 bits per heavy atom. The van der Waals surface area contributed by atoms with E-state index in [1.165, 1.54) is 6.42 Å². The first-order valence-corrected chi connectivity index (χ1v) is 5.28. The Balaban J connectivity index is 1.87. The monoisotopic (exact) mass is 200 g/mol. The molecule has 0 saturated carbocycles. The van der Waals surface area contributed by atoms with Crippen LogP contribution in [0.15, 0.2) is 0 Å². The number of likely N-dealkylation sites (tertiary alicyclic amines) is 1. The van der Waals surface area contributed by atoms with Crippen LogP contribution in [0, 0.1) is 0 Å². The van der Waals surface area contributed by atoms with Gasteiger partial charge in [0.2, 0.25) is 0 Å². The second-order valence-electron chi connectivity index (χ2n) is 4.32. The maximum absolute atomic E-state index is 5.36. The lowest BCUT2D eigenvalue weighted by atomic mass is 10.00. The van der Waals surface area contributed by atoms with Gasteiger partial charge in [0.25, 0.3) is 0 Å². The molecule has 1 N–H and O–H groups in total. The van der Waals surface area contributed by atoms with Crippen LogP contribution in [-0.4, -0.2) is 56.6 Å². The molecule has 2 rings (SSSR count). The van der Waals surface area contributed by atoms with Crippen LogP contribution in [-0.2, 0) is 9.47 Å². The third-order valence-electron chi connectivity index (χ3n) is 3.58. The Labute approximate surface area is 85.5 Å². The van der Waals surface area contributed by atoms with E-state index in [2.05, 4.69) is 17.1 Å². The Hall–Kier alpha value is -0.160. The molecule has 0 bridgehead atoms. The van der Waals surface area contributed by atoms with Gasteiger partial charge in [-0.25, -0.2) is 0 Å². The summed E-state index contributed by atoms with van der Waals surface area (Å²) in [6.07, 6.45) is 1.24. The summed E-state index contributed by atoms with van der Waals surface area (Å²) in [6, 6.07) is 1.26. The van der Waals surface area contributed by atoms with Gasteiger partial charge in [0.05, 0.1) is 13.1 Å². The number of nitrogens with one attached hydrogen (secondary N) is 1. The zero-order valence-electron chi connectivity index (χ0n) is 9.25. The molecular formula is C10H20N2O2. The molecule has 0 aliphatic carbocycles. The molecule has 0 aromatic carbocycles. The summed E-state index contributed by atoms with van der Waals surface area (Å²) in [6.45, 7) is 5.18. The van der Waals surface area contributed by atoms with Crippen LogP contribution in [0.1, 0.15) is 13.3 Å². The maximum Gasteiger partial charge on any atom is 0.193 e. The molecule has 82 valence electrons. The van der Waals surface area contributed by atoms with Crippen LogP contribution in [0.3, 0.4) is 0 Å². The normalized spacial score (nSPS) is 37.1. The first-order chi connectivity index (χ1) is 6.71. The summed E-state index contributed by atoms with van der Waals surface area (Å²) < 4.78 is 10.7. The molecule has 2 fully saturated rings. The fraction of sp³-hybridized carbons (Fsp3) is 1.00. The number of nitrogens with zero attached hydrogens (tertiary/aromatic N) is 1. The van der Waals surface area contributed by atoms with Gasteiger partial charge in [0, 0.05) is 26.3 Å². The molecule has 14 heavy (non-hydrogen) atoms. The van der Waals surface area contributed by atoms with Crippen molar-refractivity contribution in [2.45, 2.75) is 31.2 Å². The van der Waals surface area contributed by atoms with E-state index >= 15 is 0 Å². The van der Waals surface area contributed by atoms with Crippen molar-refractivity contribution in [3.8, 4) is 0 Å². The molecule has 2 aliphatic heterocycles. The standard InChI is InChI=1S/C10H20N2O2/c1-8-9(4-5-11-8)12-6-10(7-12,13-2)14-3/h8-9,11H,4-7H2,1-3H3. The van der Waals surface area contributed by atoms with Crippen molar-refractivity contribution in [3.05, 3.63) is 0 Å². The van der Waals surface area contributed by atoms with E-state index in [4.69, 9.17) is 9.47 Å². The molecule has 2 atom stereocenters. The number of hydrogen-bond acceptors (Lipinski definition) is 4. The molecule has 2 heterocycles. The van der Waals surface area contributed by atoms with Gasteiger partial charge in [0.15, 0.2) is 5.79 Å². The molecule has 0 radical (unpaired) electrons. The van der Waals surface area contributed by atoms with Crippen molar-refractivity contribution < 1.29 is 9.47 Å². The Bertz CT molecular complexity index is 198. The highest BCUT2D eigenvalue weighted by Crippen LogP contribution is 2.30. The summed E-state index contributed by atoms with van der Waals surface area (Å²) >= 11 is 0. The Kier molecular flexibility index (Phi) is 2.79. The summed E-state index contributed by atoms with van der Waals surface area (Å²) in [5.41, 5.74) is 0. The topological polar surface area (TPSA) is 33.7 Å². The van der Waals surface area contributed by atoms with Crippen LogP contribution < -0.4 is 5.32 Å². The van der Waals surface area contributed by atoms with E-state index in [0.29, 0.717) is 12.1 Å². The van der Waals surface area contributed by atoms with Crippen molar-refractivity contribution in [3.63, 3.8) is 0 Å². The number of hydrogen-bond donors (Lipinski definition) is 1. The highest BCUT2D eigenvalue weighted by atomic mass is 16.7. The van der Waals surface area contributed by atoms with Crippen LogP contribution in [0.4, 0.5) is 0 Å². The summed E-state index contributed by atoms with van der Waals surface area (Å²) in [5.74, 6) is -0.331. The lowest BCUT2D eigenvalue weighted by Gasteiger charge is -2.50. The van der Waals surface area contributed by atoms with Crippen molar-refractivity contribution in [1.29, 1.82) is 0 Å². The molecule has 0 aromatic rings. The zero-order chi connectivity index (χ0) is 10.2. The molecular weight excluding hydrogens is 180 g/mol.